The van der Waals surface area contributed by atoms with Gasteiger partial charge in [0.25, 0.3) is 0 Å². The van der Waals surface area contributed by atoms with Crippen LogP contribution in [0.5, 0.6) is 11.5 Å². The second-order valence-electron chi connectivity index (χ2n) is 4.92. The lowest BCUT2D eigenvalue weighted by molar-refractivity contribution is 0.385. The van der Waals surface area contributed by atoms with Crippen LogP contribution in [0.25, 0.3) is 0 Å². The maximum absolute atomic E-state index is 5.50. The van der Waals surface area contributed by atoms with Crippen LogP contribution >= 0.6 is 0 Å². The van der Waals surface area contributed by atoms with Crippen LogP contribution in [0.1, 0.15) is 22.9 Å². The minimum absolute atomic E-state index is 0.138. The molecule has 0 fully saturated rings. The number of hydrogen-bond donors (Lipinski definition) is 1. The minimum atomic E-state index is 0.138. The van der Waals surface area contributed by atoms with E-state index in [1.807, 2.05) is 37.5 Å². The van der Waals surface area contributed by atoms with Crippen LogP contribution in [0.15, 0.2) is 36.5 Å². The second-order valence-corrected chi connectivity index (χ2v) is 4.92. The molecule has 0 aliphatic heterocycles. The Kier molecular flexibility index (Phi) is 5.17. The Bertz CT molecular complexity index is 599. The normalized spacial score (nSPS) is 12.0. The van der Waals surface area contributed by atoms with E-state index in [0.717, 1.165) is 29.2 Å². The SMILES string of the molecule is CNC(Cc1ncccc1C)c1ccc(OC)cc1OC. The van der Waals surface area contributed by atoms with E-state index < -0.39 is 0 Å². The van der Waals surface area contributed by atoms with E-state index in [0.29, 0.717) is 0 Å². The van der Waals surface area contributed by atoms with E-state index in [-0.39, 0.29) is 6.04 Å². The number of aryl methyl sites for hydroxylation is 1. The Hall–Kier alpha value is -2.07. The van der Waals surface area contributed by atoms with Gasteiger partial charge >= 0.3 is 0 Å². The van der Waals surface area contributed by atoms with Gasteiger partial charge in [-0.1, -0.05) is 12.1 Å². The fourth-order valence-corrected chi connectivity index (χ4v) is 2.40. The van der Waals surface area contributed by atoms with Gasteiger partial charge in [0.15, 0.2) is 0 Å². The Morgan fingerprint density at radius 2 is 2.00 bits per heavy atom. The van der Waals surface area contributed by atoms with Gasteiger partial charge in [-0.25, -0.2) is 0 Å². The van der Waals surface area contributed by atoms with Gasteiger partial charge in [-0.05, 0) is 31.7 Å². The van der Waals surface area contributed by atoms with Crippen LogP contribution in [-0.2, 0) is 6.42 Å². The summed E-state index contributed by atoms with van der Waals surface area (Å²) in [5.74, 6) is 1.61. The Morgan fingerprint density at radius 1 is 1.19 bits per heavy atom. The van der Waals surface area contributed by atoms with Gasteiger partial charge in [0.2, 0.25) is 0 Å². The number of nitrogens with one attached hydrogen (secondary N) is 1. The summed E-state index contributed by atoms with van der Waals surface area (Å²) >= 11 is 0. The molecule has 21 heavy (non-hydrogen) atoms. The monoisotopic (exact) mass is 286 g/mol. The van der Waals surface area contributed by atoms with Crippen LogP contribution in [0.2, 0.25) is 0 Å². The molecule has 0 spiro atoms. The Labute approximate surface area is 126 Å². The lowest BCUT2D eigenvalue weighted by atomic mass is 9.98. The molecule has 0 amide bonds. The standard InChI is InChI=1S/C17H22N2O2/c1-12-6-5-9-19-15(12)11-16(18-2)14-8-7-13(20-3)10-17(14)21-4/h5-10,16,18H,11H2,1-4H3. The summed E-state index contributed by atoms with van der Waals surface area (Å²) in [6, 6.07) is 10.1. The van der Waals surface area contributed by atoms with Gasteiger partial charge in [-0.3, -0.25) is 4.98 Å². The van der Waals surface area contributed by atoms with Crippen molar-refractivity contribution in [3.8, 4) is 11.5 Å². The third-order valence-electron chi connectivity index (χ3n) is 3.68. The zero-order chi connectivity index (χ0) is 15.2. The first kappa shape index (κ1) is 15.3. The molecule has 1 aromatic carbocycles. The predicted octanol–water partition coefficient (Wildman–Crippen LogP) is 2.91. The summed E-state index contributed by atoms with van der Waals surface area (Å²) < 4.78 is 10.7. The van der Waals surface area contributed by atoms with Crippen molar-refractivity contribution in [2.45, 2.75) is 19.4 Å². The van der Waals surface area contributed by atoms with Crippen LogP contribution < -0.4 is 14.8 Å². The molecule has 1 N–H and O–H groups in total. The highest BCUT2D eigenvalue weighted by Gasteiger charge is 2.17. The van der Waals surface area contributed by atoms with Crippen molar-refractivity contribution in [2.24, 2.45) is 0 Å². The topological polar surface area (TPSA) is 43.4 Å². The van der Waals surface area contributed by atoms with E-state index in [4.69, 9.17) is 9.47 Å². The van der Waals surface area contributed by atoms with Gasteiger partial charge < -0.3 is 14.8 Å². The molecule has 4 heteroatoms. The number of aromatic nitrogens is 1. The molecule has 4 nitrogen and oxygen atoms in total. The van der Waals surface area contributed by atoms with Crippen molar-refractivity contribution in [3.63, 3.8) is 0 Å². The lowest BCUT2D eigenvalue weighted by Crippen LogP contribution is -2.20. The number of nitrogens with zero attached hydrogens (tertiary/aromatic N) is 1. The van der Waals surface area contributed by atoms with Crippen molar-refractivity contribution in [2.75, 3.05) is 21.3 Å². The largest absolute Gasteiger partial charge is 0.497 e. The maximum Gasteiger partial charge on any atom is 0.127 e. The number of hydrogen-bond acceptors (Lipinski definition) is 4. The number of rotatable bonds is 6. The molecular formula is C17H22N2O2. The lowest BCUT2D eigenvalue weighted by Gasteiger charge is -2.20. The number of ether oxygens (including phenoxy) is 2. The van der Waals surface area contributed by atoms with E-state index in [1.165, 1.54) is 5.56 Å². The summed E-state index contributed by atoms with van der Waals surface area (Å²) in [5, 5.41) is 3.35. The molecule has 0 aliphatic carbocycles. The van der Waals surface area contributed by atoms with Gasteiger partial charge in [-0.2, -0.15) is 0 Å². The first-order valence-corrected chi connectivity index (χ1v) is 6.99. The van der Waals surface area contributed by atoms with Crippen LogP contribution in [0.4, 0.5) is 0 Å². The third kappa shape index (κ3) is 3.52. The summed E-state index contributed by atoms with van der Waals surface area (Å²) in [5.41, 5.74) is 3.39. The highest BCUT2D eigenvalue weighted by Crippen LogP contribution is 2.31. The van der Waals surface area contributed by atoms with E-state index in [1.54, 1.807) is 14.2 Å². The predicted molar refractivity (Wildman–Crippen MR) is 84.0 cm³/mol. The van der Waals surface area contributed by atoms with Crippen LogP contribution in [-0.4, -0.2) is 26.3 Å². The molecule has 0 bridgehead atoms. The summed E-state index contributed by atoms with van der Waals surface area (Å²) in [6.45, 7) is 2.08. The fraction of sp³-hybridized carbons (Fsp3) is 0.353. The van der Waals surface area contributed by atoms with Crippen molar-refractivity contribution in [1.82, 2.24) is 10.3 Å². The van der Waals surface area contributed by atoms with Crippen molar-refractivity contribution >= 4 is 0 Å². The summed E-state index contributed by atoms with van der Waals surface area (Å²) in [6.07, 6.45) is 2.65. The number of likely N-dealkylation sites (N-methyl/N-ethyl adjacent to an activating group) is 1. The quantitative estimate of drug-likeness (QED) is 0.886. The summed E-state index contributed by atoms with van der Waals surface area (Å²) in [4.78, 5) is 4.48. The molecular weight excluding hydrogens is 264 g/mol. The molecule has 2 rings (SSSR count). The molecule has 2 aromatic rings. The zero-order valence-corrected chi connectivity index (χ0v) is 13.0. The number of pyridine rings is 1. The average molecular weight is 286 g/mol. The van der Waals surface area contributed by atoms with E-state index in [2.05, 4.69) is 23.3 Å². The molecule has 1 atom stereocenters. The van der Waals surface area contributed by atoms with Gasteiger partial charge in [0, 0.05) is 36.0 Å². The third-order valence-corrected chi connectivity index (χ3v) is 3.68. The number of benzene rings is 1. The Morgan fingerprint density at radius 3 is 2.62 bits per heavy atom. The van der Waals surface area contributed by atoms with Gasteiger partial charge in [0.1, 0.15) is 11.5 Å². The average Bonchev–Trinajstić information content (AvgIpc) is 2.53. The van der Waals surface area contributed by atoms with E-state index >= 15 is 0 Å². The molecule has 112 valence electrons. The summed E-state index contributed by atoms with van der Waals surface area (Å²) in [7, 11) is 5.28. The molecule has 0 saturated heterocycles. The molecule has 0 saturated carbocycles. The highest BCUT2D eigenvalue weighted by molar-refractivity contribution is 5.43. The van der Waals surface area contributed by atoms with Crippen molar-refractivity contribution in [1.29, 1.82) is 0 Å². The minimum Gasteiger partial charge on any atom is -0.497 e. The molecule has 1 heterocycles. The highest BCUT2D eigenvalue weighted by atomic mass is 16.5. The fourth-order valence-electron chi connectivity index (χ4n) is 2.40. The molecule has 1 unspecified atom stereocenters. The maximum atomic E-state index is 5.50. The zero-order valence-electron chi connectivity index (χ0n) is 13.0. The van der Waals surface area contributed by atoms with Gasteiger partial charge in [-0.15, -0.1) is 0 Å². The first-order valence-electron chi connectivity index (χ1n) is 6.99. The Balaban J connectivity index is 2.31. The first-order chi connectivity index (χ1) is 10.2. The number of methoxy groups -OCH3 is 2. The van der Waals surface area contributed by atoms with Crippen LogP contribution in [0.3, 0.4) is 0 Å². The van der Waals surface area contributed by atoms with Crippen molar-refractivity contribution in [3.05, 3.63) is 53.3 Å². The molecule has 0 aliphatic rings. The van der Waals surface area contributed by atoms with Crippen molar-refractivity contribution < 1.29 is 9.47 Å². The second kappa shape index (κ2) is 7.09. The smallest absolute Gasteiger partial charge is 0.127 e. The van der Waals surface area contributed by atoms with Crippen LogP contribution in [0, 0.1) is 6.92 Å². The molecule has 0 radical (unpaired) electrons. The molecule has 1 aromatic heterocycles. The van der Waals surface area contributed by atoms with E-state index in [9.17, 15) is 0 Å². The van der Waals surface area contributed by atoms with Gasteiger partial charge in [0.05, 0.1) is 14.2 Å².